The number of hydrogen-bond donors (Lipinski definition) is 1. The molecular formula is C15H12N6O3. The number of aromatic nitrogens is 4. The van der Waals surface area contributed by atoms with E-state index in [0.29, 0.717) is 11.3 Å². The molecule has 1 N–H and O–H groups in total. The maximum absolute atomic E-state index is 11.5. The van der Waals surface area contributed by atoms with E-state index in [0.717, 1.165) is 0 Å². The standard InChI is InChI=1S/C15H12N6O3/c1-10(22)11-2-4-12(5-3-11)19-14-13(21(23)24)15(18-8-17-14)20-7-6-16-9-20/h2-9H,1H3,(H,17,18,19). The first-order valence-electron chi connectivity index (χ1n) is 6.92. The third-order valence-corrected chi connectivity index (χ3v) is 3.29. The van der Waals surface area contributed by atoms with Crippen LogP contribution >= 0.6 is 0 Å². The highest BCUT2D eigenvalue weighted by Gasteiger charge is 2.24. The third-order valence-electron chi connectivity index (χ3n) is 3.29. The normalized spacial score (nSPS) is 10.4. The van der Waals surface area contributed by atoms with Crippen molar-refractivity contribution in [1.29, 1.82) is 0 Å². The second-order valence-electron chi connectivity index (χ2n) is 4.88. The van der Waals surface area contributed by atoms with Crippen molar-refractivity contribution in [2.75, 3.05) is 5.32 Å². The molecule has 0 amide bonds. The van der Waals surface area contributed by atoms with Gasteiger partial charge in [-0.05, 0) is 31.2 Å². The Kier molecular flexibility index (Phi) is 3.98. The van der Waals surface area contributed by atoms with Crippen molar-refractivity contribution in [1.82, 2.24) is 19.5 Å². The molecule has 0 unspecified atom stereocenters. The zero-order valence-electron chi connectivity index (χ0n) is 12.6. The number of rotatable bonds is 5. The maximum atomic E-state index is 11.5. The van der Waals surface area contributed by atoms with Gasteiger partial charge in [0, 0.05) is 23.6 Å². The van der Waals surface area contributed by atoms with Gasteiger partial charge in [-0.3, -0.25) is 19.5 Å². The molecule has 0 saturated carbocycles. The Morgan fingerprint density at radius 1 is 1.25 bits per heavy atom. The maximum Gasteiger partial charge on any atom is 0.354 e. The second-order valence-corrected chi connectivity index (χ2v) is 4.88. The Balaban J connectivity index is 2.00. The fourth-order valence-electron chi connectivity index (χ4n) is 2.13. The molecule has 24 heavy (non-hydrogen) atoms. The quantitative estimate of drug-likeness (QED) is 0.435. The van der Waals surface area contributed by atoms with Crippen molar-refractivity contribution < 1.29 is 9.72 Å². The Morgan fingerprint density at radius 2 is 2.00 bits per heavy atom. The molecule has 9 nitrogen and oxygen atoms in total. The third kappa shape index (κ3) is 2.95. The summed E-state index contributed by atoms with van der Waals surface area (Å²) in [4.78, 5) is 34.0. The highest BCUT2D eigenvalue weighted by molar-refractivity contribution is 5.94. The number of carbonyl (C=O) groups is 1. The van der Waals surface area contributed by atoms with Crippen LogP contribution in [0.1, 0.15) is 17.3 Å². The summed E-state index contributed by atoms with van der Waals surface area (Å²) in [6.45, 7) is 1.47. The molecular weight excluding hydrogens is 312 g/mol. The summed E-state index contributed by atoms with van der Waals surface area (Å²) in [5.74, 6) is 0.0987. The van der Waals surface area contributed by atoms with Crippen LogP contribution in [0.2, 0.25) is 0 Å². The van der Waals surface area contributed by atoms with Crippen LogP contribution in [-0.2, 0) is 0 Å². The number of nitro groups is 1. The number of nitrogens with zero attached hydrogens (tertiary/aromatic N) is 5. The molecule has 3 aromatic rings. The first-order chi connectivity index (χ1) is 11.6. The van der Waals surface area contributed by atoms with Crippen LogP contribution in [0.5, 0.6) is 0 Å². The highest BCUT2D eigenvalue weighted by Crippen LogP contribution is 2.29. The fraction of sp³-hybridized carbons (Fsp3) is 0.0667. The largest absolute Gasteiger partial charge is 0.354 e. The zero-order chi connectivity index (χ0) is 17.1. The average Bonchev–Trinajstić information content (AvgIpc) is 3.09. The minimum absolute atomic E-state index is 0.0503. The van der Waals surface area contributed by atoms with Crippen molar-refractivity contribution in [3.63, 3.8) is 0 Å². The van der Waals surface area contributed by atoms with E-state index < -0.39 is 4.92 Å². The van der Waals surface area contributed by atoms with Crippen LogP contribution in [0.3, 0.4) is 0 Å². The molecule has 0 bridgehead atoms. The molecule has 1 aromatic carbocycles. The molecule has 0 aliphatic rings. The van der Waals surface area contributed by atoms with Gasteiger partial charge in [0.1, 0.15) is 12.7 Å². The van der Waals surface area contributed by atoms with E-state index in [1.807, 2.05) is 0 Å². The van der Waals surface area contributed by atoms with Crippen molar-refractivity contribution in [2.24, 2.45) is 0 Å². The molecule has 2 aromatic heterocycles. The van der Waals surface area contributed by atoms with E-state index >= 15 is 0 Å². The lowest BCUT2D eigenvalue weighted by Gasteiger charge is -2.09. The van der Waals surface area contributed by atoms with E-state index in [9.17, 15) is 14.9 Å². The Hall–Kier alpha value is -3.62. The summed E-state index contributed by atoms with van der Waals surface area (Å²) in [6, 6.07) is 6.57. The first-order valence-corrected chi connectivity index (χ1v) is 6.92. The van der Waals surface area contributed by atoms with Crippen molar-refractivity contribution in [3.05, 3.63) is 65.0 Å². The number of benzene rings is 1. The van der Waals surface area contributed by atoms with Crippen LogP contribution < -0.4 is 5.32 Å². The van der Waals surface area contributed by atoms with Crippen LogP contribution in [-0.4, -0.2) is 30.2 Å². The van der Waals surface area contributed by atoms with E-state index in [2.05, 4.69) is 20.3 Å². The van der Waals surface area contributed by atoms with Crippen LogP contribution in [0.25, 0.3) is 5.82 Å². The highest BCUT2D eigenvalue weighted by atomic mass is 16.6. The van der Waals surface area contributed by atoms with Gasteiger partial charge in [0.25, 0.3) is 0 Å². The minimum Gasteiger partial charge on any atom is -0.334 e. The molecule has 0 atom stereocenters. The number of imidazole rings is 1. The topological polar surface area (TPSA) is 116 Å². The van der Waals surface area contributed by atoms with E-state index in [1.54, 1.807) is 30.5 Å². The van der Waals surface area contributed by atoms with E-state index in [1.165, 1.54) is 30.3 Å². The van der Waals surface area contributed by atoms with Gasteiger partial charge in [-0.25, -0.2) is 15.0 Å². The molecule has 0 saturated heterocycles. The average molecular weight is 324 g/mol. The smallest absolute Gasteiger partial charge is 0.334 e. The number of ketones is 1. The number of anilines is 2. The lowest BCUT2D eigenvalue weighted by atomic mass is 10.1. The molecule has 2 heterocycles. The minimum atomic E-state index is -0.554. The van der Waals surface area contributed by atoms with E-state index in [-0.39, 0.29) is 23.1 Å². The van der Waals surface area contributed by atoms with Gasteiger partial charge in [0.05, 0.1) is 4.92 Å². The molecule has 120 valence electrons. The second kappa shape index (κ2) is 6.24. The molecule has 0 radical (unpaired) electrons. The molecule has 3 rings (SSSR count). The van der Waals surface area contributed by atoms with Crippen molar-refractivity contribution in [2.45, 2.75) is 6.92 Å². The number of Topliss-reactive ketones (excluding diaryl/α,β-unsaturated/α-hetero) is 1. The number of hydrogen-bond acceptors (Lipinski definition) is 7. The molecule has 0 fully saturated rings. The molecule has 0 aliphatic heterocycles. The lowest BCUT2D eigenvalue weighted by Crippen LogP contribution is -2.07. The Labute approximate surface area is 136 Å². The van der Waals surface area contributed by atoms with Gasteiger partial charge in [0.15, 0.2) is 5.78 Å². The summed E-state index contributed by atoms with van der Waals surface area (Å²) in [5.41, 5.74) is 0.848. The van der Waals surface area contributed by atoms with Gasteiger partial charge >= 0.3 is 5.69 Å². The van der Waals surface area contributed by atoms with Gasteiger partial charge in [-0.2, -0.15) is 0 Å². The van der Waals surface area contributed by atoms with Gasteiger partial charge in [-0.15, -0.1) is 0 Å². The van der Waals surface area contributed by atoms with Crippen LogP contribution in [0, 0.1) is 10.1 Å². The SMILES string of the molecule is CC(=O)c1ccc(Nc2ncnc(-n3ccnc3)c2[N+](=O)[O-])cc1. The Bertz CT molecular complexity index is 890. The first kappa shape index (κ1) is 15.3. The summed E-state index contributed by atoms with van der Waals surface area (Å²) in [6.07, 6.45) is 5.70. The lowest BCUT2D eigenvalue weighted by molar-refractivity contribution is -0.384. The molecule has 9 heteroatoms. The Morgan fingerprint density at radius 3 is 2.58 bits per heavy atom. The molecule has 0 aliphatic carbocycles. The van der Waals surface area contributed by atoms with Crippen LogP contribution in [0.4, 0.5) is 17.2 Å². The molecule has 0 spiro atoms. The van der Waals surface area contributed by atoms with Crippen molar-refractivity contribution in [3.8, 4) is 5.82 Å². The predicted octanol–water partition coefficient (Wildman–Crippen LogP) is 2.52. The monoisotopic (exact) mass is 324 g/mol. The summed E-state index contributed by atoms with van der Waals surface area (Å²) in [7, 11) is 0. The fourth-order valence-corrected chi connectivity index (χ4v) is 2.13. The van der Waals surface area contributed by atoms with Crippen molar-refractivity contribution >= 4 is 23.0 Å². The van der Waals surface area contributed by atoms with Crippen LogP contribution in [0.15, 0.2) is 49.3 Å². The van der Waals surface area contributed by atoms with E-state index in [4.69, 9.17) is 0 Å². The summed E-state index contributed by atoms with van der Waals surface area (Å²) >= 11 is 0. The number of nitrogens with one attached hydrogen (secondary N) is 1. The van der Waals surface area contributed by atoms with Gasteiger partial charge in [-0.1, -0.05) is 0 Å². The predicted molar refractivity (Wildman–Crippen MR) is 85.5 cm³/mol. The number of carbonyl (C=O) groups excluding carboxylic acids is 1. The van der Waals surface area contributed by atoms with Gasteiger partial charge in [0.2, 0.25) is 11.6 Å². The zero-order valence-corrected chi connectivity index (χ0v) is 12.6. The van der Waals surface area contributed by atoms with Gasteiger partial charge < -0.3 is 5.32 Å². The summed E-state index contributed by atoms with van der Waals surface area (Å²) in [5, 5.41) is 14.4. The summed E-state index contributed by atoms with van der Waals surface area (Å²) < 4.78 is 1.43.